The molecule has 1 fully saturated rings. The topological polar surface area (TPSA) is 115 Å². The fourth-order valence-corrected chi connectivity index (χ4v) is 2.79. The molecule has 1 unspecified atom stereocenters. The Bertz CT molecular complexity index is 1010. The third-order valence-corrected chi connectivity index (χ3v) is 4.11. The maximum atomic E-state index is 13.0. The molecule has 0 aliphatic carbocycles. The molecule has 0 radical (unpaired) electrons. The second-order valence-corrected chi connectivity index (χ2v) is 6.26. The Morgan fingerprint density at radius 1 is 1.19 bits per heavy atom. The van der Waals surface area contributed by atoms with Crippen LogP contribution in [0.4, 0.5) is 32.3 Å². The highest BCUT2D eigenvalue weighted by atomic mass is 19.4. The molecule has 1 aliphatic heterocycles. The van der Waals surface area contributed by atoms with Crippen molar-refractivity contribution in [3.8, 4) is 17.0 Å². The van der Waals surface area contributed by atoms with Gasteiger partial charge >= 0.3 is 12.5 Å². The molecule has 14 heteroatoms. The molecular formula is C17H14F6N6O2. The highest BCUT2D eigenvalue weighted by molar-refractivity contribution is 5.86. The van der Waals surface area contributed by atoms with Gasteiger partial charge in [0.1, 0.15) is 17.5 Å². The van der Waals surface area contributed by atoms with Crippen molar-refractivity contribution in [2.75, 3.05) is 11.9 Å². The van der Waals surface area contributed by atoms with Crippen LogP contribution < -0.4 is 21.1 Å². The van der Waals surface area contributed by atoms with Gasteiger partial charge in [0.25, 0.3) is 0 Å². The molecule has 4 N–H and O–H groups in total. The fraction of sp³-hybridized carbons (Fsp3) is 0.294. The summed E-state index contributed by atoms with van der Waals surface area (Å²) in [5.74, 6) is -1.56. The summed E-state index contributed by atoms with van der Waals surface area (Å²) >= 11 is 0. The van der Waals surface area contributed by atoms with Crippen LogP contribution in [0.5, 0.6) is 5.75 Å². The van der Waals surface area contributed by atoms with Crippen molar-refractivity contribution < 1.29 is 35.9 Å². The maximum Gasteiger partial charge on any atom is 0.573 e. The number of hydrogen-bond acceptors (Lipinski definition) is 7. The number of aromatic nitrogens is 3. The SMILES string of the molecule is N/C=C\c1nc(NC2CCNC2=O)nnc1-c1ccc(C(F)(F)F)cc1OC(F)(F)F. The van der Waals surface area contributed by atoms with E-state index in [0.717, 1.165) is 12.3 Å². The standard InChI is InChI=1S/C17H14F6N6O2/c18-16(19,20)8-1-2-9(12(7-8)31-17(21,22)23)13-10(3-5-24)26-15(29-28-13)27-11-4-6-25-14(11)30/h1-3,5,7,11H,4,6,24H2,(H,25,30)(H,26,27,29)/b5-3-. The van der Waals surface area contributed by atoms with Crippen molar-refractivity contribution in [2.45, 2.75) is 25.0 Å². The lowest BCUT2D eigenvalue weighted by molar-refractivity contribution is -0.274. The van der Waals surface area contributed by atoms with Crippen molar-refractivity contribution >= 4 is 17.9 Å². The van der Waals surface area contributed by atoms with Crippen molar-refractivity contribution in [2.24, 2.45) is 5.73 Å². The zero-order valence-corrected chi connectivity index (χ0v) is 15.4. The minimum atomic E-state index is -5.26. The van der Waals surface area contributed by atoms with E-state index in [1.54, 1.807) is 0 Å². The number of halogens is 6. The van der Waals surface area contributed by atoms with Gasteiger partial charge in [-0.1, -0.05) is 0 Å². The van der Waals surface area contributed by atoms with Crippen LogP contribution in [0.3, 0.4) is 0 Å². The number of carbonyl (C=O) groups excluding carboxylic acids is 1. The van der Waals surface area contributed by atoms with E-state index < -0.39 is 35.5 Å². The summed E-state index contributed by atoms with van der Waals surface area (Å²) in [6.07, 6.45) is -7.55. The molecule has 1 aromatic carbocycles. The minimum absolute atomic E-state index is 0.106. The number of nitrogens with two attached hydrogens (primary N) is 1. The van der Waals surface area contributed by atoms with Crippen LogP contribution in [0.15, 0.2) is 24.4 Å². The lowest BCUT2D eigenvalue weighted by Gasteiger charge is -2.16. The van der Waals surface area contributed by atoms with Gasteiger partial charge in [-0.15, -0.1) is 23.4 Å². The number of amides is 1. The lowest BCUT2D eigenvalue weighted by atomic mass is 10.1. The Balaban J connectivity index is 2.06. The van der Waals surface area contributed by atoms with Crippen LogP contribution in [-0.2, 0) is 11.0 Å². The van der Waals surface area contributed by atoms with E-state index in [9.17, 15) is 31.1 Å². The van der Waals surface area contributed by atoms with Crippen molar-refractivity contribution in [1.82, 2.24) is 20.5 Å². The Labute approximate surface area is 170 Å². The summed E-state index contributed by atoms with van der Waals surface area (Å²) in [6.45, 7) is 0.432. The molecular weight excluding hydrogens is 434 g/mol. The Kier molecular flexibility index (Phi) is 5.90. The quantitative estimate of drug-likeness (QED) is 0.603. The number of nitrogens with one attached hydrogen (secondary N) is 2. The van der Waals surface area contributed by atoms with Crippen LogP contribution in [0.2, 0.25) is 0 Å². The zero-order chi connectivity index (χ0) is 22.8. The van der Waals surface area contributed by atoms with Crippen molar-refractivity contribution in [3.05, 3.63) is 35.7 Å². The summed E-state index contributed by atoms with van der Waals surface area (Å²) in [7, 11) is 0. The van der Waals surface area contributed by atoms with Crippen LogP contribution in [0.1, 0.15) is 17.7 Å². The number of nitrogens with zero attached hydrogens (tertiary/aromatic N) is 3. The van der Waals surface area contributed by atoms with E-state index in [2.05, 4.69) is 30.6 Å². The van der Waals surface area contributed by atoms with E-state index in [4.69, 9.17) is 5.73 Å². The normalized spacial score (nSPS) is 17.1. The Hall–Kier alpha value is -3.58. The second-order valence-electron chi connectivity index (χ2n) is 6.26. The summed E-state index contributed by atoms with van der Waals surface area (Å²) in [5.41, 5.74) is 3.15. The first-order chi connectivity index (χ1) is 14.5. The number of rotatable bonds is 5. The molecule has 1 aromatic heterocycles. The smallest absolute Gasteiger partial charge is 0.405 e. The molecule has 0 bridgehead atoms. The van der Waals surface area contributed by atoms with E-state index in [1.807, 2.05) is 0 Å². The molecule has 1 saturated heterocycles. The van der Waals surface area contributed by atoms with Crippen LogP contribution in [0.25, 0.3) is 17.3 Å². The monoisotopic (exact) mass is 448 g/mol. The predicted molar refractivity (Wildman–Crippen MR) is 95.2 cm³/mol. The van der Waals surface area contributed by atoms with E-state index in [0.29, 0.717) is 19.0 Å². The van der Waals surface area contributed by atoms with Gasteiger partial charge in [-0.25, -0.2) is 4.98 Å². The molecule has 0 spiro atoms. The van der Waals surface area contributed by atoms with Gasteiger partial charge in [0, 0.05) is 12.1 Å². The molecule has 3 rings (SSSR count). The number of alkyl halides is 6. The first-order valence-electron chi connectivity index (χ1n) is 8.62. The van der Waals surface area contributed by atoms with Crippen molar-refractivity contribution in [1.29, 1.82) is 0 Å². The minimum Gasteiger partial charge on any atom is -0.405 e. The van der Waals surface area contributed by atoms with Gasteiger partial charge in [-0.05, 0) is 36.9 Å². The molecule has 31 heavy (non-hydrogen) atoms. The number of ether oxygens (including phenoxy) is 1. The summed E-state index contributed by atoms with van der Waals surface area (Å²) in [4.78, 5) is 15.7. The predicted octanol–water partition coefficient (Wildman–Crippen LogP) is 2.69. The molecule has 166 valence electrons. The zero-order valence-electron chi connectivity index (χ0n) is 15.4. The Morgan fingerprint density at radius 3 is 2.52 bits per heavy atom. The maximum absolute atomic E-state index is 13.0. The molecule has 2 heterocycles. The third kappa shape index (κ3) is 5.32. The number of hydrogen-bond donors (Lipinski definition) is 3. The summed E-state index contributed by atoms with van der Waals surface area (Å²) in [6, 6.07) is 0.902. The average molecular weight is 448 g/mol. The average Bonchev–Trinajstić information content (AvgIpc) is 3.05. The first kappa shape index (κ1) is 22.1. The van der Waals surface area contributed by atoms with Crippen LogP contribution >= 0.6 is 0 Å². The molecule has 0 saturated carbocycles. The van der Waals surface area contributed by atoms with E-state index >= 15 is 0 Å². The Morgan fingerprint density at radius 2 is 1.94 bits per heavy atom. The molecule has 2 aromatic rings. The van der Waals surface area contributed by atoms with Gasteiger partial charge in [0.15, 0.2) is 0 Å². The van der Waals surface area contributed by atoms with Crippen LogP contribution in [0, 0.1) is 0 Å². The highest BCUT2D eigenvalue weighted by Gasteiger charge is 2.36. The largest absolute Gasteiger partial charge is 0.573 e. The molecule has 8 nitrogen and oxygen atoms in total. The van der Waals surface area contributed by atoms with Gasteiger partial charge < -0.3 is 21.1 Å². The second kappa shape index (κ2) is 8.28. The molecule has 1 atom stereocenters. The van der Waals surface area contributed by atoms with Crippen molar-refractivity contribution in [3.63, 3.8) is 0 Å². The summed E-state index contributed by atoms with van der Waals surface area (Å²) in [5, 5.41) is 12.8. The third-order valence-electron chi connectivity index (χ3n) is 4.11. The molecule has 1 amide bonds. The van der Waals surface area contributed by atoms with Gasteiger partial charge in [-0.3, -0.25) is 4.79 Å². The van der Waals surface area contributed by atoms with Crippen LogP contribution in [-0.4, -0.2) is 40.0 Å². The number of carbonyl (C=O) groups is 1. The van der Waals surface area contributed by atoms with Gasteiger partial charge in [0.2, 0.25) is 11.9 Å². The summed E-state index contributed by atoms with van der Waals surface area (Å²) < 4.78 is 81.1. The lowest BCUT2D eigenvalue weighted by Crippen LogP contribution is -2.30. The van der Waals surface area contributed by atoms with E-state index in [-0.39, 0.29) is 29.3 Å². The van der Waals surface area contributed by atoms with E-state index in [1.165, 1.54) is 6.08 Å². The van der Waals surface area contributed by atoms with Gasteiger partial charge in [-0.2, -0.15) is 13.2 Å². The number of anilines is 1. The highest BCUT2D eigenvalue weighted by Crippen LogP contribution is 2.39. The first-order valence-corrected chi connectivity index (χ1v) is 8.62. The number of benzene rings is 1. The molecule has 1 aliphatic rings. The fourth-order valence-electron chi connectivity index (χ4n) is 2.79. The van der Waals surface area contributed by atoms with Gasteiger partial charge in [0.05, 0.1) is 11.3 Å².